The molecular formula is C28H35N7O. The number of anilines is 4. The first-order valence-corrected chi connectivity index (χ1v) is 13.4. The molecule has 188 valence electrons. The van der Waals surface area contributed by atoms with Crippen LogP contribution < -0.4 is 20.0 Å². The Labute approximate surface area is 212 Å². The van der Waals surface area contributed by atoms with E-state index in [2.05, 4.69) is 50.3 Å². The summed E-state index contributed by atoms with van der Waals surface area (Å²) in [5.74, 6) is 3.05. The maximum Gasteiger partial charge on any atom is 0.241 e. The minimum Gasteiger partial charge on any atom is -0.376 e. The molecule has 3 aliphatic heterocycles. The van der Waals surface area contributed by atoms with Crippen molar-refractivity contribution in [3.8, 4) is 0 Å². The lowest BCUT2D eigenvalue weighted by molar-refractivity contribution is -0.129. The number of fused-ring (bicyclic) bond motifs is 1. The molecule has 8 heteroatoms. The van der Waals surface area contributed by atoms with Gasteiger partial charge in [0.1, 0.15) is 11.6 Å². The Morgan fingerprint density at radius 1 is 0.694 bits per heavy atom. The Hall–Kier alpha value is -3.55. The molecule has 0 unspecified atom stereocenters. The van der Waals surface area contributed by atoms with Gasteiger partial charge in [-0.1, -0.05) is 30.3 Å². The zero-order valence-electron chi connectivity index (χ0n) is 20.9. The summed E-state index contributed by atoms with van der Waals surface area (Å²) in [6.07, 6.45) is 4.88. The lowest BCUT2D eigenvalue weighted by atomic mass is 10.1. The molecule has 0 aliphatic carbocycles. The van der Waals surface area contributed by atoms with E-state index in [0.717, 1.165) is 62.5 Å². The summed E-state index contributed by atoms with van der Waals surface area (Å²) in [4.78, 5) is 31.9. The van der Waals surface area contributed by atoms with Crippen LogP contribution in [0.4, 0.5) is 23.3 Å². The van der Waals surface area contributed by atoms with E-state index in [1.807, 2.05) is 23.1 Å². The third-order valence-corrected chi connectivity index (χ3v) is 7.66. The second-order valence-electron chi connectivity index (χ2n) is 10.1. The van der Waals surface area contributed by atoms with E-state index in [1.54, 1.807) is 0 Å². The number of nitrogens with one attached hydrogen (secondary N) is 1. The van der Waals surface area contributed by atoms with Crippen molar-refractivity contribution in [2.45, 2.75) is 25.7 Å². The molecule has 3 fully saturated rings. The minimum absolute atomic E-state index is 0.140. The van der Waals surface area contributed by atoms with Crippen molar-refractivity contribution in [1.29, 1.82) is 0 Å². The number of hydrogen-bond donors (Lipinski definition) is 1. The van der Waals surface area contributed by atoms with Gasteiger partial charge in [-0.3, -0.25) is 4.79 Å². The highest BCUT2D eigenvalue weighted by molar-refractivity contribution is 5.87. The summed E-state index contributed by atoms with van der Waals surface area (Å²) >= 11 is 0. The quantitative estimate of drug-likeness (QED) is 0.572. The van der Waals surface area contributed by atoms with E-state index in [0.29, 0.717) is 19.6 Å². The summed E-state index contributed by atoms with van der Waals surface area (Å²) < 4.78 is 0. The molecule has 0 atom stereocenters. The molecule has 2 aromatic carbocycles. The second-order valence-corrected chi connectivity index (χ2v) is 10.1. The van der Waals surface area contributed by atoms with Crippen LogP contribution in [0, 0.1) is 0 Å². The van der Waals surface area contributed by atoms with Crippen LogP contribution >= 0.6 is 0 Å². The molecule has 3 saturated heterocycles. The SMILES string of the molecule is O=C(CNc1ccc2ccccc2c1)N1CCN(c2cc(N3CCCC3)nc(N3CCCC3)n2)CC1. The molecule has 8 nitrogen and oxygen atoms in total. The molecule has 0 spiro atoms. The Bertz CT molecular complexity index is 1180. The largest absolute Gasteiger partial charge is 0.376 e. The predicted molar refractivity (Wildman–Crippen MR) is 146 cm³/mol. The topological polar surface area (TPSA) is 67.8 Å². The van der Waals surface area contributed by atoms with Gasteiger partial charge in [0.2, 0.25) is 11.9 Å². The van der Waals surface area contributed by atoms with Crippen LogP contribution in [0.1, 0.15) is 25.7 Å². The number of carbonyl (C=O) groups excluding carboxylic acids is 1. The molecule has 3 aliphatic rings. The van der Waals surface area contributed by atoms with E-state index >= 15 is 0 Å². The Morgan fingerprint density at radius 2 is 1.31 bits per heavy atom. The fourth-order valence-electron chi connectivity index (χ4n) is 5.51. The molecule has 1 aromatic heterocycles. The number of aromatic nitrogens is 2. The maximum absolute atomic E-state index is 12.9. The smallest absolute Gasteiger partial charge is 0.241 e. The first-order chi connectivity index (χ1) is 17.7. The van der Waals surface area contributed by atoms with Gasteiger partial charge < -0.3 is 24.9 Å². The second kappa shape index (κ2) is 10.2. The Morgan fingerprint density at radius 3 is 2.00 bits per heavy atom. The van der Waals surface area contributed by atoms with Crippen LogP contribution in [-0.2, 0) is 4.79 Å². The van der Waals surface area contributed by atoms with E-state index in [4.69, 9.17) is 9.97 Å². The van der Waals surface area contributed by atoms with Gasteiger partial charge in [-0.15, -0.1) is 0 Å². The number of nitrogens with zero attached hydrogens (tertiary/aromatic N) is 6. The normalized spacial score (nSPS) is 18.3. The van der Waals surface area contributed by atoms with E-state index in [-0.39, 0.29) is 5.91 Å². The third-order valence-electron chi connectivity index (χ3n) is 7.66. The molecule has 1 amide bonds. The molecular weight excluding hydrogens is 450 g/mol. The van der Waals surface area contributed by atoms with Crippen molar-refractivity contribution in [3.05, 3.63) is 48.5 Å². The zero-order valence-corrected chi connectivity index (χ0v) is 20.9. The van der Waals surface area contributed by atoms with E-state index < -0.39 is 0 Å². The highest BCUT2D eigenvalue weighted by Gasteiger charge is 2.25. The molecule has 0 saturated carbocycles. The highest BCUT2D eigenvalue weighted by atomic mass is 16.2. The van der Waals surface area contributed by atoms with Crippen LogP contribution in [0.15, 0.2) is 48.5 Å². The van der Waals surface area contributed by atoms with Gasteiger partial charge in [0.15, 0.2) is 0 Å². The summed E-state index contributed by atoms with van der Waals surface area (Å²) in [5, 5.41) is 5.70. The van der Waals surface area contributed by atoms with Gasteiger partial charge in [0.05, 0.1) is 6.54 Å². The molecule has 1 N–H and O–H groups in total. The zero-order chi connectivity index (χ0) is 24.3. The van der Waals surface area contributed by atoms with Crippen molar-refractivity contribution in [1.82, 2.24) is 14.9 Å². The summed E-state index contributed by atoms with van der Waals surface area (Å²) in [6.45, 7) is 7.52. The number of piperazine rings is 1. The third kappa shape index (κ3) is 4.90. The van der Waals surface area contributed by atoms with Gasteiger partial charge in [0.25, 0.3) is 0 Å². The molecule has 36 heavy (non-hydrogen) atoms. The summed E-state index contributed by atoms with van der Waals surface area (Å²) in [5.41, 5.74) is 0.977. The van der Waals surface area contributed by atoms with Crippen LogP contribution in [0.25, 0.3) is 10.8 Å². The minimum atomic E-state index is 0.140. The summed E-state index contributed by atoms with van der Waals surface area (Å²) in [7, 11) is 0. The number of rotatable bonds is 6. The fraction of sp³-hybridized carbons (Fsp3) is 0.464. The number of carbonyl (C=O) groups is 1. The van der Waals surface area contributed by atoms with Crippen molar-refractivity contribution in [2.24, 2.45) is 0 Å². The average molecular weight is 486 g/mol. The first-order valence-electron chi connectivity index (χ1n) is 13.4. The van der Waals surface area contributed by atoms with Crippen molar-refractivity contribution in [3.63, 3.8) is 0 Å². The lowest BCUT2D eigenvalue weighted by Gasteiger charge is -2.36. The Kier molecular flexibility index (Phi) is 6.49. The molecule has 4 heterocycles. The van der Waals surface area contributed by atoms with E-state index in [9.17, 15) is 4.79 Å². The molecule has 0 bridgehead atoms. The first kappa shape index (κ1) is 22.9. The maximum atomic E-state index is 12.9. The van der Waals surface area contributed by atoms with Gasteiger partial charge in [-0.25, -0.2) is 0 Å². The van der Waals surface area contributed by atoms with Crippen LogP contribution in [-0.4, -0.2) is 79.7 Å². The summed E-state index contributed by atoms with van der Waals surface area (Å²) in [6, 6.07) is 16.7. The average Bonchev–Trinajstić information content (AvgIpc) is 3.67. The van der Waals surface area contributed by atoms with Gasteiger partial charge >= 0.3 is 0 Å². The standard InChI is InChI=1S/C28H35N7O/c36-27(21-29-24-10-9-22-7-1-2-8-23(22)19-24)34-17-15-33(16-18-34)26-20-25(32-11-3-4-12-32)30-28(31-26)35-13-5-6-14-35/h1-2,7-10,19-20,29H,3-6,11-18,21H2. The number of hydrogen-bond acceptors (Lipinski definition) is 7. The molecule has 0 radical (unpaired) electrons. The monoisotopic (exact) mass is 485 g/mol. The van der Waals surface area contributed by atoms with Crippen LogP contribution in [0.3, 0.4) is 0 Å². The van der Waals surface area contributed by atoms with Gasteiger partial charge in [0, 0.05) is 64.1 Å². The fourth-order valence-corrected chi connectivity index (χ4v) is 5.51. The highest BCUT2D eigenvalue weighted by Crippen LogP contribution is 2.28. The molecule has 3 aromatic rings. The van der Waals surface area contributed by atoms with Crippen molar-refractivity contribution in [2.75, 3.05) is 78.9 Å². The van der Waals surface area contributed by atoms with Crippen molar-refractivity contribution >= 4 is 40.0 Å². The van der Waals surface area contributed by atoms with Gasteiger partial charge in [-0.05, 0) is 48.6 Å². The predicted octanol–water partition coefficient (Wildman–Crippen LogP) is 3.59. The van der Waals surface area contributed by atoms with E-state index in [1.165, 1.54) is 36.5 Å². The molecule has 6 rings (SSSR count). The van der Waals surface area contributed by atoms with Crippen LogP contribution in [0.2, 0.25) is 0 Å². The van der Waals surface area contributed by atoms with Crippen molar-refractivity contribution < 1.29 is 4.79 Å². The van der Waals surface area contributed by atoms with Gasteiger partial charge in [-0.2, -0.15) is 9.97 Å². The van der Waals surface area contributed by atoms with Crippen LogP contribution in [0.5, 0.6) is 0 Å². The lowest BCUT2D eigenvalue weighted by Crippen LogP contribution is -2.50. The number of benzene rings is 2. The number of amides is 1. The Balaban J connectivity index is 1.09.